The maximum absolute atomic E-state index is 13.8. The highest BCUT2D eigenvalue weighted by Crippen LogP contribution is 2.37. The molecule has 3 rings (SSSR count). The van der Waals surface area contributed by atoms with Crippen molar-refractivity contribution in [2.75, 3.05) is 13.2 Å². The molecular formula is C32H31F3O7. The summed E-state index contributed by atoms with van der Waals surface area (Å²) in [7, 11) is 0. The molecule has 0 aliphatic rings. The van der Waals surface area contributed by atoms with E-state index in [4.69, 9.17) is 18.9 Å². The highest BCUT2D eigenvalue weighted by atomic mass is 19.4. The van der Waals surface area contributed by atoms with Crippen LogP contribution >= 0.6 is 0 Å². The zero-order valence-corrected chi connectivity index (χ0v) is 23.1. The predicted octanol–water partition coefficient (Wildman–Crippen LogP) is 7.37. The molecule has 0 N–H and O–H groups in total. The summed E-state index contributed by atoms with van der Waals surface area (Å²) in [5, 5.41) is 0. The van der Waals surface area contributed by atoms with Crippen LogP contribution in [0.15, 0.2) is 79.4 Å². The van der Waals surface area contributed by atoms with Gasteiger partial charge in [0.25, 0.3) is 0 Å². The Labute approximate surface area is 241 Å². The van der Waals surface area contributed by atoms with Crippen molar-refractivity contribution < 1.29 is 46.5 Å². The van der Waals surface area contributed by atoms with Crippen molar-refractivity contribution >= 4 is 17.9 Å². The lowest BCUT2D eigenvalue weighted by atomic mass is 10.1. The average Bonchev–Trinajstić information content (AvgIpc) is 2.98. The Morgan fingerprint density at radius 3 is 2.05 bits per heavy atom. The number of unbranched alkanes of at least 4 members (excludes halogenated alkanes) is 2. The molecule has 0 radical (unpaired) electrons. The Hall–Kier alpha value is -4.60. The van der Waals surface area contributed by atoms with Gasteiger partial charge in [-0.1, -0.05) is 32.1 Å². The Morgan fingerprint density at radius 1 is 0.786 bits per heavy atom. The minimum atomic E-state index is -4.91. The third-order valence-electron chi connectivity index (χ3n) is 5.98. The van der Waals surface area contributed by atoms with Gasteiger partial charge in [-0.3, -0.25) is 0 Å². The van der Waals surface area contributed by atoms with Crippen molar-refractivity contribution in [3.05, 3.63) is 102 Å². The van der Waals surface area contributed by atoms with Crippen LogP contribution in [0.2, 0.25) is 0 Å². The first-order valence-electron chi connectivity index (χ1n) is 13.4. The molecule has 0 aromatic heterocycles. The van der Waals surface area contributed by atoms with Gasteiger partial charge in [0.2, 0.25) is 0 Å². The number of hydrogen-bond acceptors (Lipinski definition) is 7. The van der Waals surface area contributed by atoms with E-state index in [-0.39, 0.29) is 23.5 Å². The number of benzene rings is 3. The molecule has 0 fully saturated rings. The monoisotopic (exact) mass is 584 g/mol. The Morgan fingerprint density at radius 2 is 1.40 bits per heavy atom. The quantitative estimate of drug-likeness (QED) is 0.0846. The van der Waals surface area contributed by atoms with E-state index in [9.17, 15) is 27.6 Å². The predicted molar refractivity (Wildman–Crippen MR) is 149 cm³/mol. The second-order valence-electron chi connectivity index (χ2n) is 9.19. The van der Waals surface area contributed by atoms with E-state index in [1.807, 2.05) is 0 Å². The van der Waals surface area contributed by atoms with Gasteiger partial charge in [0.05, 0.1) is 29.9 Å². The van der Waals surface area contributed by atoms with Crippen LogP contribution in [0.4, 0.5) is 13.2 Å². The largest absolute Gasteiger partial charge is 0.494 e. The molecule has 7 nitrogen and oxygen atoms in total. The minimum Gasteiger partial charge on any atom is -0.494 e. The number of alkyl halides is 3. The maximum atomic E-state index is 13.8. The smallest absolute Gasteiger partial charge is 0.420 e. The summed E-state index contributed by atoms with van der Waals surface area (Å²) >= 11 is 0. The highest BCUT2D eigenvalue weighted by Gasteiger charge is 2.36. The summed E-state index contributed by atoms with van der Waals surface area (Å²) in [6.07, 6.45) is 0.260. The number of carbonyl (C=O) groups is 3. The first kappa shape index (κ1) is 31.9. The van der Waals surface area contributed by atoms with Crippen molar-refractivity contribution in [1.29, 1.82) is 0 Å². The first-order valence-corrected chi connectivity index (χ1v) is 13.4. The normalized spacial score (nSPS) is 11.0. The zero-order valence-electron chi connectivity index (χ0n) is 23.1. The molecule has 0 unspecified atom stereocenters. The van der Waals surface area contributed by atoms with E-state index in [1.165, 1.54) is 24.3 Å². The molecule has 0 amide bonds. The van der Waals surface area contributed by atoms with Crippen LogP contribution in [0.5, 0.6) is 17.2 Å². The Kier molecular flexibility index (Phi) is 11.7. The van der Waals surface area contributed by atoms with Crippen LogP contribution in [-0.4, -0.2) is 31.1 Å². The standard InChI is InChI=1S/C32H31F3O7/c1-3-5-8-22-9-14-26(15-10-22)41-31(38)24-13-18-28(27(21-24)32(33,34)35)42-30(37)23-11-16-25(17-12-23)39-19-6-7-20-40-29(36)4-2/h4,9-18,21H,2-3,5-8,19-20H2,1H3. The molecule has 42 heavy (non-hydrogen) atoms. The lowest BCUT2D eigenvalue weighted by Gasteiger charge is -2.14. The van der Waals surface area contributed by atoms with E-state index in [2.05, 4.69) is 13.5 Å². The van der Waals surface area contributed by atoms with E-state index in [0.717, 1.165) is 43.0 Å². The van der Waals surface area contributed by atoms with Gasteiger partial charge >= 0.3 is 24.1 Å². The number of aryl methyl sites for hydroxylation is 1. The van der Waals surface area contributed by atoms with Gasteiger partial charge in [-0.25, -0.2) is 14.4 Å². The van der Waals surface area contributed by atoms with Gasteiger partial charge in [-0.05, 0) is 85.8 Å². The van der Waals surface area contributed by atoms with Crippen molar-refractivity contribution in [3.63, 3.8) is 0 Å². The SMILES string of the molecule is C=CC(=O)OCCCCOc1ccc(C(=O)Oc2ccc(C(=O)Oc3ccc(CCCC)cc3)cc2C(F)(F)F)cc1. The van der Waals surface area contributed by atoms with Gasteiger partial charge < -0.3 is 18.9 Å². The topological polar surface area (TPSA) is 88.1 Å². The number of hydrogen-bond donors (Lipinski definition) is 0. The molecule has 0 heterocycles. The van der Waals surface area contributed by atoms with Crippen LogP contribution in [-0.2, 0) is 22.1 Å². The Bertz CT molecular complexity index is 1360. The summed E-state index contributed by atoms with van der Waals surface area (Å²) in [6.45, 7) is 5.93. The van der Waals surface area contributed by atoms with Gasteiger partial charge in [0, 0.05) is 6.08 Å². The summed E-state index contributed by atoms with van der Waals surface area (Å²) in [5.41, 5.74) is -0.584. The molecule has 3 aromatic rings. The molecule has 0 bridgehead atoms. The fraction of sp³-hybridized carbons (Fsp3) is 0.281. The maximum Gasteiger partial charge on any atom is 0.420 e. The summed E-state index contributed by atoms with van der Waals surface area (Å²) in [5.74, 6) is -2.61. The number of ether oxygens (including phenoxy) is 4. The molecule has 0 atom stereocenters. The van der Waals surface area contributed by atoms with Crippen LogP contribution in [0.1, 0.15) is 64.4 Å². The number of rotatable bonds is 14. The molecule has 0 aliphatic carbocycles. The molecule has 10 heteroatoms. The summed E-state index contributed by atoms with van der Waals surface area (Å²) in [6, 6.07) is 15.1. The van der Waals surface area contributed by atoms with Crippen molar-refractivity contribution in [2.24, 2.45) is 0 Å². The fourth-order valence-corrected chi connectivity index (χ4v) is 3.71. The van der Waals surface area contributed by atoms with E-state index >= 15 is 0 Å². The first-order chi connectivity index (χ1) is 20.1. The van der Waals surface area contributed by atoms with Gasteiger partial charge in [0.15, 0.2) is 0 Å². The van der Waals surface area contributed by atoms with Gasteiger partial charge in [0.1, 0.15) is 17.2 Å². The average molecular weight is 585 g/mol. The third kappa shape index (κ3) is 9.79. The lowest BCUT2D eigenvalue weighted by molar-refractivity contribution is -0.139. The van der Waals surface area contributed by atoms with Gasteiger partial charge in [-0.15, -0.1) is 0 Å². The second kappa shape index (κ2) is 15.4. The van der Waals surface area contributed by atoms with E-state index in [0.29, 0.717) is 31.3 Å². The van der Waals surface area contributed by atoms with E-state index in [1.54, 1.807) is 24.3 Å². The Balaban J connectivity index is 1.60. The highest BCUT2D eigenvalue weighted by molar-refractivity contribution is 5.93. The molecule has 222 valence electrons. The molecule has 0 saturated carbocycles. The molecule has 3 aromatic carbocycles. The van der Waals surface area contributed by atoms with Crippen molar-refractivity contribution in [1.82, 2.24) is 0 Å². The van der Waals surface area contributed by atoms with Crippen molar-refractivity contribution in [2.45, 2.75) is 45.2 Å². The van der Waals surface area contributed by atoms with Crippen LogP contribution in [0.25, 0.3) is 0 Å². The van der Waals surface area contributed by atoms with Crippen molar-refractivity contribution in [3.8, 4) is 17.2 Å². The summed E-state index contributed by atoms with van der Waals surface area (Å²) < 4.78 is 62.2. The second-order valence-corrected chi connectivity index (χ2v) is 9.19. The molecule has 0 aliphatic heterocycles. The van der Waals surface area contributed by atoms with Crippen LogP contribution in [0, 0.1) is 0 Å². The lowest BCUT2D eigenvalue weighted by Crippen LogP contribution is -2.16. The van der Waals surface area contributed by atoms with Crippen LogP contribution < -0.4 is 14.2 Å². The third-order valence-corrected chi connectivity index (χ3v) is 5.98. The van der Waals surface area contributed by atoms with Crippen LogP contribution in [0.3, 0.4) is 0 Å². The molecule has 0 saturated heterocycles. The minimum absolute atomic E-state index is 0.00215. The number of carbonyl (C=O) groups excluding carboxylic acids is 3. The number of esters is 3. The summed E-state index contributed by atoms with van der Waals surface area (Å²) in [4.78, 5) is 36.2. The van der Waals surface area contributed by atoms with E-state index < -0.39 is 35.4 Å². The molecule has 0 spiro atoms. The zero-order chi connectivity index (χ0) is 30.5. The number of halogens is 3. The molecular weight excluding hydrogens is 553 g/mol. The fourth-order valence-electron chi connectivity index (χ4n) is 3.71. The van der Waals surface area contributed by atoms with Gasteiger partial charge in [-0.2, -0.15) is 13.2 Å².